The Kier molecular flexibility index (Phi) is 6.44. The van der Waals surface area contributed by atoms with Gasteiger partial charge in [0.15, 0.2) is 0 Å². The minimum atomic E-state index is -0.756. The van der Waals surface area contributed by atoms with Crippen molar-refractivity contribution < 1.29 is 10.2 Å². The Bertz CT molecular complexity index is 781. The largest absolute Gasteiger partial charge is 0.396 e. The summed E-state index contributed by atoms with van der Waals surface area (Å²) >= 11 is 6.58. The Labute approximate surface area is 152 Å². The van der Waals surface area contributed by atoms with Crippen molar-refractivity contribution in [3.63, 3.8) is 0 Å². The number of rotatable bonds is 5. The standard InChI is InChI=1S/C19H20ClNO2.ClH/c1-12(11-22)19(23)21-10-17-13-6-2-4-8-15(13)18(20)16-9-5-3-7-14(16)17;/h2-9,12,19,21-23H,10-11H2,1H3;1H. The van der Waals surface area contributed by atoms with E-state index in [4.69, 9.17) is 16.7 Å². The minimum absolute atomic E-state index is 0. The molecule has 0 heterocycles. The number of aliphatic hydroxyl groups is 2. The molecule has 0 aliphatic carbocycles. The summed E-state index contributed by atoms with van der Waals surface area (Å²) in [5.41, 5.74) is 1.10. The molecule has 128 valence electrons. The lowest BCUT2D eigenvalue weighted by atomic mass is 9.96. The average molecular weight is 366 g/mol. The molecule has 0 bridgehead atoms. The van der Waals surface area contributed by atoms with Crippen molar-refractivity contribution in [3.8, 4) is 0 Å². The highest BCUT2D eigenvalue weighted by Crippen LogP contribution is 2.36. The van der Waals surface area contributed by atoms with Crippen LogP contribution in [0.1, 0.15) is 12.5 Å². The van der Waals surface area contributed by atoms with Crippen LogP contribution < -0.4 is 5.32 Å². The molecular weight excluding hydrogens is 345 g/mol. The van der Waals surface area contributed by atoms with Gasteiger partial charge >= 0.3 is 0 Å². The lowest BCUT2D eigenvalue weighted by Gasteiger charge is -2.20. The van der Waals surface area contributed by atoms with Crippen molar-refractivity contribution in [2.24, 2.45) is 5.92 Å². The van der Waals surface area contributed by atoms with E-state index in [9.17, 15) is 5.11 Å². The lowest BCUT2D eigenvalue weighted by Crippen LogP contribution is -2.35. The van der Waals surface area contributed by atoms with E-state index in [-0.39, 0.29) is 24.9 Å². The van der Waals surface area contributed by atoms with Gasteiger partial charge in [0.25, 0.3) is 0 Å². The second-order valence-electron chi connectivity index (χ2n) is 5.87. The number of benzene rings is 3. The maximum atomic E-state index is 10.1. The third-order valence-electron chi connectivity index (χ3n) is 4.29. The second-order valence-corrected chi connectivity index (χ2v) is 6.25. The summed E-state index contributed by atoms with van der Waals surface area (Å²) in [4.78, 5) is 0. The van der Waals surface area contributed by atoms with E-state index in [1.54, 1.807) is 6.92 Å². The molecule has 2 atom stereocenters. The molecule has 0 radical (unpaired) electrons. The van der Waals surface area contributed by atoms with Gasteiger partial charge in [0.05, 0.1) is 5.02 Å². The fraction of sp³-hybridized carbons (Fsp3) is 0.263. The minimum Gasteiger partial charge on any atom is -0.396 e. The summed E-state index contributed by atoms with van der Waals surface area (Å²) in [6.45, 7) is 2.25. The molecule has 3 aromatic carbocycles. The first kappa shape index (κ1) is 19.0. The van der Waals surface area contributed by atoms with Gasteiger partial charge in [0, 0.05) is 29.8 Å². The summed E-state index contributed by atoms with van der Waals surface area (Å²) < 4.78 is 0. The molecule has 5 heteroatoms. The van der Waals surface area contributed by atoms with E-state index >= 15 is 0 Å². The molecule has 24 heavy (non-hydrogen) atoms. The first-order chi connectivity index (χ1) is 11.1. The predicted octanol–water partition coefficient (Wildman–Crippen LogP) is 4.10. The van der Waals surface area contributed by atoms with Crippen LogP contribution in [0.2, 0.25) is 5.02 Å². The van der Waals surface area contributed by atoms with Gasteiger partial charge in [0.1, 0.15) is 6.23 Å². The van der Waals surface area contributed by atoms with Gasteiger partial charge in [-0.1, -0.05) is 67.1 Å². The van der Waals surface area contributed by atoms with E-state index in [0.29, 0.717) is 6.54 Å². The average Bonchev–Trinajstić information content (AvgIpc) is 2.60. The first-order valence-corrected chi connectivity index (χ1v) is 8.11. The monoisotopic (exact) mass is 365 g/mol. The smallest absolute Gasteiger partial charge is 0.109 e. The van der Waals surface area contributed by atoms with Crippen LogP contribution in [-0.2, 0) is 6.54 Å². The van der Waals surface area contributed by atoms with Gasteiger partial charge in [-0.15, -0.1) is 12.4 Å². The Morgan fingerprint density at radius 2 is 1.42 bits per heavy atom. The van der Waals surface area contributed by atoms with Crippen LogP contribution in [0, 0.1) is 5.92 Å². The topological polar surface area (TPSA) is 52.5 Å². The predicted molar refractivity (Wildman–Crippen MR) is 103 cm³/mol. The summed E-state index contributed by atoms with van der Waals surface area (Å²) in [7, 11) is 0. The molecular formula is C19H21Cl2NO2. The Morgan fingerprint density at radius 1 is 0.958 bits per heavy atom. The number of nitrogens with one attached hydrogen (secondary N) is 1. The van der Waals surface area contributed by atoms with Crippen LogP contribution >= 0.6 is 24.0 Å². The normalized spacial score (nSPS) is 13.7. The number of aliphatic hydroxyl groups excluding tert-OH is 2. The molecule has 3 nitrogen and oxygen atoms in total. The number of halogens is 2. The van der Waals surface area contributed by atoms with Gasteiger partial charge in [-0.05, 0) is 16.3 Å². The third kappa shape index (κ3) is 3.51. The molecule has 0 aliphatic rings. The van der Waals surface area contributed by atoms with Crippen molar-refractivity contribution in [1.29, 1.82) is 0 Å². The Hall–Kier alpha value is -1.36. The summed E-state index contributed by atoms with van der Waals surface area (Å²) in [6, 6.07) is 16.1. The molecule has 3 aromatic rings. The molecule has 0 amide bonds. The van der Waals surface area contributed by atoms with Crippen molar-refractivity contribution in [3.05, 3.63) is 59.1 Å². The van der Waals surface area contributed by atoms with Crippen LogP contribution in [0.4, 0.5) is 0 Å². The molecule has 2 unspecified atom stereocenters. The zero-order chi connectivity index (χ0) is 16.4. The van der Waals surface area contributed by atoms with E-state index in [1.165, 1.54) is 0 Å². The molecule has 3 rings (SSSR count). The SMILES string of the molecule is CC(CO)C(O)NCc1c2ccccc2c(Cl)c2ccccc12.Cl. The van der Waals surface area contributed by atoms with E-state index in [1.807, 2.05) is 48.5 Å². The van der Waals surface area contributed by atoms with E-state index in [0.717, 1.165) is 32.1 Å². The van der Waals surface area contributed by atoms with E-state index < -0.39 is 6.23 Å². The highest BCUT2D eigenvalue weighted by atomic mass is 35.5. The number of hydrogen-bond donors (Lipinski definition) is 3. The Balaban J connectivity index is 0.00000208. The van der Waals surface area contributed by atoms with Gasteiger partial charge in [-0.25, -0.2) is 0 Å². The molecule has 0 aliphatic heterocycles. The van der Waals surface area contributed by atoms with Gasteiger partial charge in [0.2, 0.25) is 0 Å². The van der Waals surface area contributed by atoms with Crippen LogP contribution in [0.5, 0.6) is 0 Å². The van der Waals surface area contributed by atoms with Gasteiger partial charge < -0.3 is 10.2 Å². The lowest BCUT2D eigenvalue weighted by molar-refractivity contribution is 0.0496. The van der Waals surface area contributed by atoms with Crippen LogP contribution in [0.3, 0.4) is 0 Å². The fourth-order valence-corrected chi connectivity index (χ4v) is 3.19. The van der Waals surface area contributed by atoms with Crippen LogP contribution in [0.15, 0.2) is 48.5 Å². The van der Waals surface area contributed by atoms with Crippen LogP contribution in [0.25, 0.3) is 21.5 Å². The van der Waals surface area contributed by atoms with Crippen molar-refractivity contribution in [2.45, 2.75) is 19.7 Å². The summed E-state index contributed by atoms with van der Waals surface area (Å²) in [6.07, 6.45) is -0.756. The number of fused-ring (bicyclic) bond motifs is 2. The van der Waals surface area contributed by atoms with Crippen LogP contribution in [-0.4, -0.2) is 23.0 Å². The highest BCUT2D eigenvalue weighted by Gasteiger charge is 2.15. The molecule has 0 fully saturated rings. The summed E-state index contributed by atoms with van der Waals surface area (Å²) in [5.74, 6) is -0.222. The van der Waals surface area contributed by atoms with Gasteiger partial charge in [-0.3, -0.25) is 5.32 Å². The second kappa shape index (κ2) is 8.15. The maximum absolute atomic E-state index is 10.1. The van der Waals surface area contributed by atoms with Crippen molar-refractivity contribution in [1.82, 2.24) is 5.32 Å². The third-order valence-corrected chi connectivity index (χ3v) is 4.70. The van der Waals surface area contributed by atoms with Crippen molar-refractivity contribution in [2.75, 3.05) is 6.61 Å². The molecule has 0 aromatic heterocycles. The molecule has 3 N–H and O–H groups in total. The van der Waals surface area contributed by atoms with E-state index in [2.05, 4.69) is 5.32 Å². The molecule has 0 spiro atoms. The zero-order valence-electron chi connectivity index (χ0n) is 13.4. The summed E-state index contributed by atoms with van der Waals surface area (Å²) in [5, 5.41) is 27.3. The number of hydrogen-bond acceptors (Lipinski definition) is 3. The van der Waals surface area contributed by atoms with Crippen molar-refractivity contribution >= 4 is 45.6 Å². The Morgan fingerprint density at radius 3 is 1.88 bits per heavy atom. The quantitative estimate of drug-likeness (QED) is 0.471. The molecule has 0 saturated heterocycles. The zero-order valence-corrected chi connectivity index (χ0v) is 14.9. The molecule has 0 saturated carbocycles. The highest BCUT2D eigenvalue weighted by molar-refractivity contribution is 6.41. The first-order valence-electron chi connectivity index (χ1n) is 7.73. The maximum Gasteiger partial charge on any atom is 0.109 e. The fourth-order valence-electron chi connectivity index (χ4n) is 2.86. The van der Waals surface area contributed by atoms with Gasteiger partial charge in [-0.2, -0.15) is 0 Å².